The number of nitrogens with zero attached hydrogens (tertiary/aromatic N) is 1. The lowest BCUT2D eigenvalue weighted by atomic mass is 9.88. The van der Waals surface area contributed by atoms with Crippen LogP contribution in [-0.4, -0.2) is 35.2 Å². The summed E-state index contributed by atoms with van der Waals surface area (Å²) in [7, 11) is 0. The van der Waals surface area contributed by atoms with Crippen LogP contribution in [0.3, 0.4) is 0 Å². The van der Waals surface area contributed by atoms with Crippen molar-refractivity contribution >= 4 is 0 Å². The molecule has 1 saturated heterocycles. The Hall–Kier alpha value is -0.0800. The predicted octanol–water partition coefficient (Wildman–Crippen LogP) is 2.51. The zero-order valence-electron chi connectivity index (χ0n) is 11.5. The minimum atomic E-state index is -0.00612. The average Bonchev–Trinajstić information content (AvgIpc) is 2.76. The first-order chi connectivity index (χ1) is 7.96. The van der Waals surface area contributed by atoms with Crippen LogP contribution in [0.4, 0.5) is 0 Å². The average molecular weight is 237 g/mol. The maximum absolute atomic E-state index is 10.3. The van der Waals surface area contributed by atoms with Crippen molar-refractivity contribution in [3.8, 4) is 0 Å². The molecular weight excluding hydrogens is 210 g/mol. The Morgan fingerprint density at radius 1 is 1.18 bits per heavy atom. The molecule has 0 aromatic heterocycles. The summed E-state index contributed by atoms with van der Waals surface area (Å²) in [5.41, 5.74) is 0.454. The Morgan fingerprint density at radius 2 is 1.94 bits per heavy atom. The van der Waals surface area contributed by atoms with Crippen molar-refractivity contribution in [1.82, 2.24) is 4.90 Å². The molecule has 1 heterocycles. The van der Waals surface area contributed by atoms with Gasteiger partial charge in [0.2, 0.25) is 0 Å². The number of hydrogen-bond acceptors (Lipinski definition) is 2. The van der Waals surface area contributed by atoms with Gasteiger partial charge in [0.15, 0.2) is 0 Å². The van der Waals surface area contributed by atoms with Gasteiger partial charge in [-0.25, -0.2) is 0 Å². The molecule has 2 aliphatic carbocycles. The number of hydrogen-bond donors (Lipinski definition) is 1. The molecule has 17 heavy (non-hydrogen) atoms. The van der Waals surface area contributed by atoms with Crippen molar-refractivity contribution < 1.29 is 5.11 Å². The molecule has 0 spiro atoms. The second kappa shape index (κ2) is 3.96. The summed E-state index contributed by atoms with van der Waals surface area (Å²) in [5.74, 6) is 2.40. The number of aliphatic hydroxyl groups excluding tert-OH is 1. The molecule has 0 amide bonds. The smallest absolute Gasteiger partial charge is 0.0726 e. The van der Waals surface area contributed by atoms with Gasteiger partial charge in [-0.1, -0.05) is 20.8 Å². The highest BCUT2D eigenvalue weighted by Crippen LogP contribution is 2.54. The summed E-state index contributed by atoms with van der Waals surface area (Å²) in [5, 5.41) is 10.3. The Kier molecular flexibility index (Phi) is 2.79. The van der Waals surface area contributed by atoms with E-state index in [9.17, 15) is 5.11 Å². The second-order valence-electron chi connectivity index (χ2n) is 7.80. The van der Waals surface area contributed by atoms with Crippen molar-refractivity contribution in [2.24, 2.45) is 23.2 Å². The number of rotatable bonds is 3. The number of fused-ring (bicyclic) bond motifs is 1. The summed E-state index contributed by atoms with van der Waals surface area (Å²) in [6.45, 7) is 9.44. The van der Waals surface area contributed by atoms with E-state index < -0.39 is 0 Å². The van der Waals surface area contributed by atoms with Crippen LogP contribution in [0, 0.1) is 23.2 Å². The highest BCUT2D eigenvalue weighted by atomic mass is 16.3. The van der Waals surface area contributed by atoms with Gasteiger partial charge < -0.3 is 5.11 Å². The van der Waals surface area contributed by atoms with Crippen LogP contribution in [-0.2, 0) is 0 Å². The third-order valence-corrected chi connectivity index (χ3v) is 5.32. The summed E-state index contributed by atoms with van der Waals surface area (Å²) < 4.78 is 0. The summed E-state index contributed by atoms with van der Waals surface area (Å²) in [4.78, 5) is 2.61. The van der Waals surface area contributed by atoms with Gasteiger partial charge in [-0.05, 0) is 55.4 Å². The van der Waals surface area contributed by atoms with Crippen molar-refractivity contribution in [2.45, 2.75) is 58.6 Å². The zero-order chi connectivity index (χ0) is 12.2. The van der Waals surface area contributed by atoms with Crippen LogP contribution >= 0.6 is 0 Å². The first-order valence-electron chi connectivity index (χ1n) is 7.38. The molecule has 1 aliphatic heterocycles. The molecule has 3 fully saturated rings. The molecule has 0 aromatic carbocycles. The monoisotopic (exact) mass is 237 g/mol. The largest absolute Gasteiger partial charge is 0.391 e. The van der Waals surface area contributed by atoms with Gasteiger partial charge in [-0.15, -0.1) is 0 Å². The molecule has 3 rings (SSSR count). The van der Waals surface area contributed by atoms with Crippen molar-refractivity contribution in [3.05, 3.63) is 0 Å². The number of aliphatic hydroxyl groups is 1. The minimum Gasteiger partial charge on any atom is -0.391 e. The van der Waals surface area contributed by atoms with Gasteiger partial charge in [0.25, 0.3) is 0 Å². The SMILES string of the molecule is CC(C)(C)CCCN1CC2CC3CC2C1C3O. The molecule has 2 heteroatoms. The molecule has 0 radical (unpaired) electrons. The van der Waals surface area contributed by atoms with Crippen molar-refractivity contribution in [1.29, 1.82) is 0 Å². The van der Waals surface area contributed by atoms with E-state index in [1.165, 1.54) is 38.8 Å². The minimum absolute atomic E-state index is 0.00612. The molecule has 98 valence electrons. The Bertz CT molecular complexity index is 294. The third kappa shape index (κ3) is 2.04. The quantitative estimate of drug-likeness (QED) is 0.815. The third-order valence-electron chi connectivity index (χ3n) is 5.32. The lowest BCUT2D eigenvalue weighted by Gasteiger charge is -2.29. The van der Waals surface area contributed by atoms with Gasteiger partial charge in [0, 0.05) is 12.6 Å². The fraction of sp³-hybridized carbons (Fsp3) is 1.00. The van der Waals surface area contributed by atoms with E-state index >= 15 is 0 Å². The van der Waals surface area contributed by atoms with Gasteiger partial charge in [0.05, 0.1) is 6.10 Å². The molecule has 5 unspecified atom stereocenters. The van der Waals surface area contributed by atoms with Crippen LogP contribution in [0.2, 0.25) is 0 Å². The Labute approximate surface area is 105 Å². The van der Waals surface area contributed by atoms with E-state index in [2.05, 4.69) is 25.7 Å². The summed E-state index contributed by atoms with van der Waals surface area (Å²) >= 11 is 0. The topological polar surface area (TPSA) is 23.5 Å². The van der Waals surface area contributed by atoms with Gasteiger partial charge in [-0.2, -0.15) is 0 Å². The van der Waals surface area contributed by atoms with Crippen molar-refractivity contribution in [2.75, 3.05) is 13.1 Å². The fourth-order valence-electron chi connectivity index (χ4n) is 4.60. The predicted molar refractivity (Wildman–Crippen MR) is 69.8 cm³/mol. The highest BCUT2D eigenvalue weighted by molar-refractivity contribution is 5.10. The van der Waals surface area contributed by atoms with E-state index in [1.807, 2.05) is 0 Å². The fourth-order valence-corrected chi connectivity index (χ4v) is 4.60. The maximum atomic E-state index is 10.3. The molecule has 2 saturated carbocycles. The molecule has 2 bridgehead atoms. The van der Waals surface area contributed by atoms with E-state index in [1.54, 1.807) is 0 Å². The molecule has 1 N–H and O–H groups in total. The first kappa shape index (κ1) is 12.0. The number of likely N-dealkylation sites (tertiary alicyclic amines) is 1. The van der Waals surface area contributed by atoms with Crippen molar-refractivity contribution in [3.63, 3.8) is 0 Å². The normalized spacial score (nSPS) is 44.8. The van der Waals surface area contributed by atoms with Crippen LogP contribution < -0.4 is 0 Å². The second-order valence-corrected chi connectivity index (χ2v) is 7.80. The molecular formula is C15H27NO. The zero-order valence-corrected chi connectivity index (χ0v) is 11.5. The molecule has 3 aliphatic rings. The van der Waals surface area contributed by atoms with E-state index in [0.29, 0.717) is 17.4 Å². The van der Waals surface area contributed by atoms with Gasteiger partial charge >= 0.3 is 0 Å². The van der Waals surface area contributed by atoms with Gasteiger partial charge in [0.1, 0.15) is 0 Å². The lowest BCUT2D eigenvalue weighted by Crippen LogP contribution is -2.41. The Balaban J connectivity index is 1.56. The summed E-state index contributed by atoms with van der Waals surface area (Å²) in [6, 6.07) is 0.527. The standard InChI is InChI=1S/C15H27NO/c1-15(2,3)5-4-6-16-9-11-7-10-8-12(11)13(16)14(10)17/h10-14,17H,4-9H2,1-3H3. The Morgan fingerprint density at radius 3 is 2.59 bits per heavy atom. The van der Waals surface area contributed by atoms with E-state index in [-0.39, 0.29) is 6.10 Å². The highest BCUT2D eigenvalue weighted by Gasteiger charge is 2.58. The van der Waals surface area contributed by atoms with Gasteiger partial charge in [-0.3, -0.25) is 4.90 Å². The van der Waals surface area contributed by atoms with Crippen LogP contribution in [0.5, 0.6) is 0 Å². The molecule has 0 aromatic rings. The lowest BCUT2D eigenvalue weighted by molar-refractivity contribution is 0.0497. The molecule has 5 atom stereocenters. The maximum Gasteiger partial charge on any atom is 0.0726 e. The van der Waals surface area contributed by atoms with Crippen LogP contribution in [0.15, 0.2) is 0 Å². The van der Waals surface area contributed by atoms with E-state index in [4.69, 9.17) is 0 Å². The van der Waals surface area contributed by atoms with Crippen LogP contribution in [0.25, 0.3) is 0 Å². The first-order valence-corrected chi connectivity index (χ1v) is 7.38. The van der Waals surface area contributed by atoms with E-state index in [0.717, 1.165) is 11.8 Å². The summed E-state index contributed by atoms with van der Waals surface area (Å²) in [6.07, 6.45) is 5.19. The van der Waals surface area contributed by atoms with Crippen LogP contribution in [0.1, 0.15) is 46.5 Å². The molecule has 2 nitrogen and oxygen atoms in total.